The van der Waals surface area contributed by atoms with Gasteiger partial charge in [0.2, 0.25) is 0 Å². The van der Waals surface area contributed by atoms with Gasteiger partial charge in [-0.15, -0.1) is 5.10 Å². The number of amides is 3. The molecule has 1 aliphatic carbocycles. The average Bonchev–Trinajstić information content (AvgIpc) is 3.36. The predicted octanol–water partition coefficient (Wildman–Crippen LogP) is 1.16. The van der Waals surface area contributed by atoms with Gasteiger partial charge in [-0.2, -0.15) is 0 Å². The third kappa shape index (κ3) is 5.92. The minimum atomic E-state index is -0.154. The van der Waals surface area contributed by atoms with E-state index in [4.69, 9.17) is 4.74 Å². The van der Waals surface area contributed by atoms with Gasteiger partial charge >= 0.3 is 6.03 Å². The molecule has 0 aromatic carbocycles. The van der Waals surface area contributed by atoms with Gasteiger partial charge in [-0.25, -0.2) is 4.79 Å². The van der Waals surface area contributed by atoms with Crippen LogP contribution in [0.4, 0.5) is 4.79 Å². The fourth-order valence-corrected chi connectivity index (χ4v) is 3.36. The number of hydrogen-bond donors (Lipinski definition) is 2. The van der Waals surface area contributed by atoms with E-state index in [1.807, 2.05) is 4.90 Å². The number of likely N-dealkylation sites (tertiary alicyclic amines) is 1. The number of aryl methyl sites for hydroxylation is 1. The summed E-state index contributed by atoms with van der Waals surface area (Å²) in [7, 11) is 1.66. The van der Waals surface area contributed by atoms with E-state index >= 15 is 0 Å². The topological polar surface area (TPSA) is 101 Å². The number of nitrogens with one attached hydrogen (secondary N) is 2. The third-order valence-corrected chi connectivity index (χ3v) is 5.06. The molecule has 27 heavy (non-hydrogen) atoms. The molecule has 1 aromatic heterocycles. The van der Waals surface area contributed by atoms with Crippen LogP contribution >= 0.6 is 0 Å². The Bertz CT molecular complexity index is 630. The highest BCUT2D eigenvalue weighted by Gasteiger charge is 2.27. The predicted molar refractivity (Wildman–Crippen MR) is 99.4 cm³/mol. The Labute approximate surface area is 159 Å². The highest BCUT2D eigenvalue weighted by atomic mass is 16.5. The zero-order valence-corrected chi connectivity index (χ0v) is 16.0. The van der Waals surface area contributed by atoms with E-state index in [2.05, 4.69) is 20.9 Å². The molecule has 1 aliphatic heterocycles. The van der Waals surface area contributed by atoms with Crippen molar-refractivity contribution < 1.29 is 14.3 Å². The van der Waals surface area contributed by atoms with Crippen LogP contribution in [0.15, 0.2) is 6.20 Å². The number of ether oxygens (including phenoxy) is 1. The normalized spacial score (nSPS) is 19.7. The number of aromatic nitrogens is 3. The van der Waals surface area contributed by atoms with Crippen LogP contribution in [0.3, 0.4) is 0 Å². The fourth-order valence-electron chi connectivity index (χ4n) is 3.36. The Morgan fingerprint density at radius 3 is 2.93 bits per heavy atom. The molecule has 9 heteroatoms. The van der Waals surface area contributed by atoms with Crippen molar-refractivity contribution >= 4 is 11.9 Å². The summed E-state index contributed by atoms with van der Waals surface area (Å²) < 4.78 is 6.71. The van der Waals surface area contributed by atoms with Crippen LogP contribution in [0, 0.1) is 0 Å². The van der Waals surface area contributed by atoms with Gasteiger partial charge in [0, 0.05) is 45.4 Å². The van der Waals surface area contributed by atoms with Crippen molar-refractivity contribution in [3.05, 3.63) is 11.9 Å². The average molecular weight is 378 g/mol. The van der Waals surface area contributed by atoms with Crippen LogP contribution < -0.4 is 10.6 Å². The van der Waals surface area contributed by atoms with Crippen LogP contribution in [-0.2, 0) is 11.3 Å². The number of carbonyl (C=O) groups excluding carboxylic acids is 2. The summed E-state index contributed by atoms with van der Waals surface area (Å²) in [5.74, 6) is -0.154. The molecule has 0 radical (unpaired) electrons. The lowest BCUT2D eigenvalue weighted by molar-refractivity contribution is 0.0946. The van der Waals surface area contributed by atoms with Gasteiger partial charge < -0.3 is 20.3 Å². The molecule has 3 amide bonds. The monoisotopic (exact) mass is 378 g/mol. The van der Waals surface area contributed by atoms with Crippen LogP contribution in [0.25, 0.3) is 0 Å². The summed E-state index contributed by atoms with van der Waals surface area (Å²) in [5.41, 5.74) is 0.360. The lowest BCUT2D eigenvalue weighted by Crippen LogP contribution is -2.49. The SMILES string of the molecule is COCCCNC(=O)N1CCCCC1CCn1cc(C(=O)NC2CC2)nn1. The molecule has 2 heterocycles. The Hall–Kier alpha value is -2.16. The second-order valence-electron chi connectivity index (χ2n) is 7.32. The summed E-state index contributed by atoms with van der Waals surface area (Å²) in [5, 5.41) is 13.9. The highest BCUT2D eigenvalue weighted by molar-refractivity contribution is 5.92. The zero-order valence-electron chi connectivity index (χ0n) is 16.0. The number of rotatable bonds is 9. The molecule has 0 spiro atoms. The standard InChI is InChI=1S/C18H30N6O3/c1-27-12-4-9-19-18(26)24-10-3-2-5-15(24)8-11-23-13-16(21-22-23)17(25)20-14-6-7-14/h13-15H,2-12H2,1H3,(H,19,26)(H,20,25). The lowest BCUT2D eigenvalue weighted by atomic mass is 10.00. The van der Waals surface area contributed by atoms with Crippen LogP contribution in [0.5, 0.6) is 0 Å². The molecule has 150 valence electrons. The van der Waals surface area contributed by atoms with Crippen molar-refractivity contribution in [3.8, 4) is 0 Å². The fraction of sp³-hybridized carbons (Fsp3) is 0.778. The van der Waals surface area contributed by atoms with Crippen molar-refractivity contribution in [1.82, 2.24) is 30.5 Å². The summed E-state index contributed by atoms with van der Waals surface area (Å²) in [6.45, 7) is 2.69. The van der Waals surface area contributed by atoms with Gasteiger partial charge in [-0.3, -0.25) is 9.48 Å². The summed E-state index contributed by atoms with van der Waals surface area (Å²) in [6, 6.07) is 0.494. The molecule has 2 fully saturated rings. The number of hydrogen-bond acceptors (Lipinski definition) is 5. The first kappa shape index (κ1) is 19.6. The quantitative estimate of drug-likeness (QED) is 0.628. The van der Waals surface area contributed by atoms with Gasteiger partial charge in [0.1, 0.15) is 0 Å². The van der Waals surface area contributed by atoms with Crippen molar-refractivity contribution in [3.63, 3.8) is 0 Å². The van der Waals surface area contributed by atoms with E-state index < -0.39 is 0 Å². The lowest BCUT2D eigenvalue weighted by Gasteiger charge is -2.35. The summed E-state index contributed by atoms with van der Waals surface area (Å²) >= 11 is 0. The Morgan fingerprint density at radius 1 is 1.30 bits per heavy atom. The first-order chi connectivity index (χ1) is 13.2. The van der Waals surface area contributed by atoms with Gasteiger partial charge in [0.15, 0.2) is 5.69 Å². The molecular formula is C18H30N6O3. The maximum Gasteiger partial charge on any atom is 0.317 e. The van der Waals surface area contributed by atoms with E-state index in [1.54, 1.807) is 18.0 Å². The first-order valence-electron chi connectivity index (χ1n) is 9.92. The highest BCUT2D eigenvalue weighted by Crippen LogP contribution is 2.21. The van der Waals surface area contributed by atoms with E-state index in [9.17, 15) is 9.59 Å². The van der Waals surface area contributed by atoms with Crippen molar-refractivity contribution in [2.75, 3.05) is 26.8 Å². The van der Waals surface area contributed by atoms with E-state index in [1.165, 1.54) is 0 Å². The molecular weight excluding hydrogens is 348 g/mol. The number of nitrogens with zero attached hydrogens (tertiary/aromatic N) is 4. The van der Waals surface area contributed by atoms with Crippen LogP contribution in [-0.4, -0.2) is 70.7 Å². The molecule has 3 rings (SSSR count). The first-order valence-corrected chi connectivity index (χ1v) is 9.92. The largest absolute Gasteiger partial charge is 0.385 e. The molecule has 1 aromatic rings. The smallest absolute Gasteiger partial charge is 0.317 e. The molecule has 2 aliphatic rings. The molecule has 1 unspecified atom stereocenters. The second kappa shape index (κ2) is 9.68. The molecule has 0 bridgehead atoms. The van der Waals surface area contributed by atoms with Gasteiger partial charge in [-0.1, -0.05) is 5.21 Å². The molecule has 2 N–H and O–H groups in total. The number of methoxy groups -OCH3 is 1. The van der Waals surface area contributed by atoms with Crippen LogP contribution in [0.1, 0.15) is 55.4 Å². The van der Waals surface area contributed by atoms with Crippen molar-refractivity contribution in [2.24, 2.45) is 0 Å². The number of carbonyl (C=O) groups is 2. The molecule has 9 nitrogen and oxygen atoms in total. The minimum absolute atomic E-state index is 0.00102. The van der Waals surface area contributed by atoms with Gasteiger partial charge in [-0.05, 0) is 44.9 Å². The summed E-state index contributed by atoms with van der Waals surface area (Å²) in [6.07, 6.45) is 8.56. The van der Waals surface area contributed by atoms with E-state index in [0.717, 1.165) is 51.5 Å². The Kier molecular flexibility index (Phi) is 7.03. The van der Waals surface area contributed by atoms with Gasteiger partial charge in [0.25, 0.3) is 5.91 Å². The van der Waals surface area contributed by atoms with E-state index in [-0.39, 0.29) is 18.0 Å². The maximum atomic E-state index is 12.5. The number of piperidine rings is 1. The Balaban J connectivity index is 1.47. The van der Waals surface area contributed by atoms with Gasteiger partial charge in [0.05, 0.1) is 6.20 Å². The third-order valence-electron chi connectivity index (χ3n) is 5.06. The Morgan fingerprint density at radius 2 is 2.15 bits per heavy atom. The van der Waals surface area contributed by atoms with E-state index in [0.29, 0.717) is 31.4 Å². The van der Waals surface area contributed by atoms with Crippen molar-refractivity contribution in [2.45, 2.75) is 63.6 Å². The second-order valence-corrected chi connectivity index (χ2v) is 7.32. The number of urea groups is 1. The zero-order chi connectivity index (χ0) is 19.1. The van der Waals surface area contributed by atoms with Crippen molar-refractivity contribution in [1.29, 1.82) is 0 Å². The summed E-state index contributed by atoms with van der Waals surface area (Å²) in [4.78, 5) is 26.4. The van der Waals surface area contributed by atoms with Crippen LogP contribution in [0.2, 0.25) is 0 Å². The molecule has 1 saturated heterocycles. The molecule has 1 saturated carbocycles. The molecule has 1 atom stereocenters. The minimum Gasteiger partial charge on any atom is -0.385 e. The maximum absolute atomic E-state index is 12.5.